The van der Waals surface area contributed by atoms with Crippen LogP contribution in [0.4, 0.5) is 17.1 Å². The molecule has 0 fully saturated rings. The van der Waals surface area contributed by atoms with Crippen LogP contribution < -0.4 is 4.90 Å². The zero-order valence-electron chi connectivity index (χ0n) is 32.9. The highest BCUT2D eigenvalue weighted by Gasteiger charge is 2.39. The summed E-state index contributed by atoms with van der Waals surface area (Å²) in [5, 5.41) is 9.70. The van der Waals surface area contributed by atoms with Gasteiger partial charge in [-0.25, -0.2) is 0 Å². The molecule has 0 amide bonds. The zero-order chi connectivity index (χ0) is 39.2. The highest BCUT2D eigenvalue weighted by Crippen LogP contribution is 2.55. The van der Waals surface area contributed by atoms with Crippen molar-refractivity contribution < 1.29 is 4.42 Å². The predicted octanol–water partition coefficient (Wildman–Crippen LogP) is 16.2. The summed E-state index contributed by atoms with van der Waals surface area (Å²) in [6.45, 7) is 4.75. The Bertz CT molecular complexity index is 3480. The molecular formula is C57H39NO. The van der Waals surface area contributed by atoms with Gasteiger partial charge in [0.2, 0.25) is 0 Å². The van der Waals surface area contributed by atoms with Gasteiger partial charge in [0.25, 0.3) is 0 Å². The van der Waals surface area contributed by atoms with Crippen molar-refractivity contribution >= 4 is 71.3 Å². The number of furan rings is 1. The second-order valence-electron chi connectivity index (χ2n) is 16.4. The molecule has 0 spiro atoms. The number of anilines is 3. The number of nitrogens with zero attached hydrogens (tertiary/aromatic N) is 1. The van der Waals surface area contributed by atoms with Crippen LogP contribution in [0.3, 0.4) is 0 Å². The van der Waals surface area contributed by atoms with Gasteiger partial charge in [-0.15, -0.1) is 0 Å². The molecule has 1 aliphatic carbocycles. The molecule has 0 aliphatic heterocycles. The van der Waals surface area contributed by atoms with Gasteiger partial charge in [-0.3, -0.25) is 0 Å². The van der Waals surface area contributed by atoms with Crippen molar-refractivity contribution in [3.8, 4) is 33.4 Å². The summed E-state index contributed by atoms with van der Waals surface area (Å²) in [7, 11) is 0. The number of rotatable bonds is 5. The minimum Gasteiger partial charge on any atom is -0.455 e. The maximum atomic E-state index is 6.85. The van der Waals surface area contributed by atoms with Crippen molar-refractivity contribution in [2.45, 2.75) is 19.3 Å². The van der Waals surface area contributed by atoms with Gasteiger partial charge in [0.1, 0.15) is 11.2 Å². The highest BCUT2D eigenvalue weighted by atomic mass is 16.3. The summed E-state index contributed by atoms with van der Waals surface area (Å²) in [6, 6.07) is 73.2. The molecule has 2 nitrogen and oxygen atoms in total. The van der Waals surface area contributed by atoms with Crippen LogP contribution in [0.2, 0.25) is 0 Å². The lowest BCUT2D eigenvalue weighted by Crippen LogP contribution is -2.21. The topological polar surface area (TPSA) is 16.4 Å². The fourth-order valence-corrected chi connectivity index (χ4v) is 10.1. The summed E-state index contributed by atoms with van der Waals surface area (Å²) in [5.41, 5.74) is 14.8. The third kappa shape index (κ3) is 5.06. The highest BCUT2D eigenvalue weighted by molar-refractivity contribution is 6.15. The molecule has 12 rings (SSSR count). The van der Waals surface area contributed by atoms with Gasteiger partial charge >= 0.3 is 0 Å². The largest absolute Gasteiger partial charge is 0.455 e. The second-order valence-corrected chi connectivity index (χ2v) is 16.4. The molecule has 278 valence electrons. The molecule has 0 saturated heterocycles. The van der Waals surface area contributed by atoms with Crippen LogP contribution in [0.1, 0.15) is 25.0 Å². The number of fused-ring (bicyclic) bond motifs is 10. The molecule has 0 saturated carbocycles. The van der Waals surface area contributed by atoms with Gasteiger partial charge in [-0.2, -0.15) is 0 Å². The maximum absolute atomic E-state index is 6.85. The van der Waals surface area contributed by atoms with Crippen LogP contribution in [0.25, 0.3) is 87.6 Å². The van der Waals surface area contributed by atoms with Crippen molar-refractivity contribution in [1.29, 1.82) is 0 Å². The molecule has 1 heterocycles. The summed E-state index contributed by atoms with van der Waals surface area (Å²) in [6.07, 6.45) is 0. The molecule has 0 atom stereocenters. The minimum atomic E-state index is -0.220. The second kappa shape index (κ2) is 12.8. The summed E-state index contributed by atoms with van der Waals surface area (Å²) in [4.78, 5) is 2.48. The van der Waals surface area contributed by atoms with E-state index in [1.807, 2.05) is 0 Å². The van der Waals surface area contributed by atoms with Crippen LogP contribution >= 0.6 is 0 Å². The Labute approximate surface area is 343 Å². The Hall–Kier alpha value is -7.42. The predicted molar refractivity (Wildman–Crippen MR) is 249 cm³/mol. The van der Waals surface area contributed by atoms with Gasteiger partial charge in [-0.1, -0.05) is 178 Å². The van der Waals surface area contributed by atoms with E-state index in [1.54, 1.807) is 0 Å². The van der Waals surface area contributed by atoms with Gasteiger partial charge in [-0.05, 0) is 102 Å². The SMILES string of the molecule is CC1(C)c2ccccc2-c2cccc(N(c3ccc(-c4cccc5c4ccc4ccccc45)cc3)c3ccccc3-c3cccc4c3oc3cc5ccccc5cc34)c21. The molecule has 2 heteroatoms. The molecule has 59 heavy (non-hydrogen) atoms. The Kier molecular flexibility index (Phi) is 7.31. The molecule has 0 radical (unpaired) electrons. The van der Waals surface area contributed by atoms with E-state index in [1.165, 1.54) is 71.4 Å². The number of benzene rings is 10. The molecule has 1 aromatic heterocycles. The fourth-order valence-electron chi connectivity index (χ4n) is 10.1. The van der Waals surface area contributed by atoms with Crippen molar-refractivity contribution in [2.24, 2.45) is 0 Å². The molecule has 10 aromatic carbocycles. The smallest absolute Gasteiger partial charge is 0.143 e. The third-order valence-corrected chi connectivity index (χ3v) is 12.8. The van der Waals surface area contributed by atoms with E-state index in [0.717, 1.165) is 44.4 Å². The van der Waals surface area contributed by atoms with E-state index in [-0.39, 0.29) is 5.41 Å². The van der Waals surface area contributed by atoms with Crippen LogP contribution in [0, 0.1) is 0 Å². The first-order chi connectivity index (χ1) is 29.0. The van der Waals surface area contributed by atoms with Gasteiger partial charge < -0.3 is 9.32 Å². The quantitative estimate of drug-likeness (QED) is 0.163. The van der Waals surface area contributed by atoms with E-state index in [2.05, 4.69) is 219 Å². The third-order valence-electron chi connectivity index (χ3n) is 12.8. The first-order valence-corrected chi connectivity index (χ1v) is 20.5. The minimum absolute atomic E-state index is 0.220. The Morgan fingerprint density at radius 1 is 0.390 bits per heavy atom. The Morgan fingerprint density at radius 3 is 1.85 bits per heavy atom. The van der Waals surface area contributed by atoms with E-state index < -0.39 is 0 Å². The first kappa shape index (κ1) is 33.7. The van der Waals surface area contributed by atoms with Crippen LogP contribution in [-0.4, -0.2) is 0 Å². The average molecular weight is 754 g/mol. The molecule has 0 bridgehead atoms. The van der Waals surface area contributed by atoms with Crippen LogP contribution in [-0.2, 0) is 5.41 Å². The Balaban J connectivity index is 1.08. The van der Waals surface area contributed by atoms with Crippen molar-refractivity contribution in [1.82, 2.24) is 0 Å². The maximum Gasteiger partial charge on any atom is 0.143 e. The van der Waals surface area contributed by atoms with E-state index in [4.69, 9.17) is 4.42 Å². The van der Waals surface area contributed by atoms with Crippen LogP contribution in [0.5, 0.6) is 0 Å². The summed E-state index contributed by atoms with van der Waals surface area (Å²) >= 11 is 0. The lowest BCUT2D eigenvalue weighted by molar-refractivity contribution is 0.660. The van der Waals surface area contributed by atoms with E-state index in [0.29, 0.717) is 0 Å². The van der Waals surface area contributed by atoms with Crippen molar-refractivity contribution in [3.63, 3.8) is 0 Å². The zero-order valence-corrected chi connectivity index (χ0v) is 32.9. The summed E-state index contributed by atoms with van der Waals surface area (Å²) < 4.78 is 6.85. The Morgan fingerprint density at radius 2 is 1.00 bits per heavy atom. The molecule has 0 unspecified atom stereocenters. The van der Waals surface area contributed by atoms with Crippen LogP contribution in [0.15, 0.2) is 205 Å². The first-order valence-electron chi connectivity index (χ1n) is 20.5. The molecule has 0 N–H and O–H groups in total. The number of hydrogen-bond donors (Lipinski definition) is 0. The van der Waals surface area contributed by atoms with Gasteiger partial charge in [0.15, 0.2) is 0 Å². The average Bonchev–Trinajstić information content (AvgIpc) is 3.77. The molecule has 1 aliphatic rings. The van der Waals surface area contributed by atoms with E-state index >= 15 is 0 Å². The normalized spacial score (nSPS) is 13.1. The standard InChI is InChI=1S/C57H39NO/c1-57(2)51-25-9-7-18-45(51)47-22-13-27-53(55(47)57)58(40-31-28-37(29-32-40)42-20-11-21-43-41-17-6-5-14-36(41)30-33-44(42)43)52-26-10-8-19-46(52)48-23-12-24-49-50-34-38-15-3-4-16-39(38)35-54(50)59-56(48)49/h3-35H,1-2H3. The van der Waals surface area contributed by atoms with Gasteiger partial charge in [0.05, 0.1) is 11.4 Å². The molecule has 11 aromatic rings. The number of para-hydroxylation sites is 2. The van der Waals surface area contributed by atoms with E-state index in [9.17, 15) is 0 Å². The van der Waals surface area contributed by atoms with Gasteiger partial charge in [0, 0.05) is 33.0 Å². The van der Waals surface area contributed by atoms with Crippen molar-refractivity contribution in [3.05, 3.63) is 211 Å². The lowest BCUT2D eigenvalue weighted by atomic mass is 9.81. The monoisotopic (exact) mass is 753 g/mol. The number of hydrogen-bond acceptors (Lipinski definition) is 2. The lowest BCUT2D eigenvalue weighted by Gasteiger charge is -2.33. The van der Waals surface area contributed by atoms with Crippen molar-refractivity contribution in [2.75, 3.05) is 4.90 Å². The molecular weight excluding hydrogens is 715 g/mol. The fraction of sp³-hybridized carbons (Fsp3) is 0.0526. The summed E-state index contributed by atoms with van der Waals surface area (Å²) in [5.74, 6) is 0.